The number of nitrogens with one attached hydrogen (secondary N) is 1. The number of alkyl halides is 3. The zero-order valence-corrected chi connectivity index (χ0v) is 9.54. The molecule has 90 valence electrons. The van der Waals surface area contributed by atoms with E-state index in [-0.39, 0.29) is 0 Å². The van der Waals surface area contributed by atoms with Gasteiger partial charge in [-0.3, -0.25) is 0 Å². The van der Waals surface area contributed by atoms with E-state index in [0.29, 0.717) is 0 Å². The van der Waals surface area contributed by atoms with Crippen molar-refractivity contribution in [3.05, 3.63) is 28.8 Å². The molecule has 0 fully saturated rings. The van der Waals surface area contributed by atoms with Gasteiger partial charge in [0.15, 0.2) is 0 Å². The minimum absolute atomic E-state index is 0.649. The Hall–Kier alpha value is -0.790. The van der Waals surface area contributed by atoms with Crippen LogP contribution in [0, 0.1) is 0 Å². The van der Waals surface area contributed by atoms with Crippen molar-refractivity contribution in [1.29, 1.82) is 0 Å². The van der Waals surface area contributed by atoms with Crippen molar-refractivity contribution in [2.24, 2.45) is 0 Å². The van der Waals surface area contributed by atoms with Crippen LogP contribution in [-0.4, -0.2) is 15.5 Å². The predicted molar refractivity (Wildman–Crippen MR) is 52.7 cm³/mol. The lowest BCUT2D eigenvalue weighted by molar-refractivity contribution is -0.139. The third-order valence-corrected chi connectivity index (χ3v) is 3.59. The number of rotatable bonds is 2. The maximum Gasteiger partial charge on any atom is 0.419 e. The highest BCUT2D eigenvalue weighted by Gasteiger charge is 2.39. The molecule has 1 aromatic carbocycles. The Balaban J connectivity index is 3.60. The SMILES string of the molecule is CNS(=O)(=O)c1cccc(Cl)c1C(F)(F)F. The first kappa shape index (κ1) is 13.3. The molecule has 0 aliphatic heterocycles. The summed E-state index contributed by atoms with van der Waals surface area (Å²) in [6.07, 6.45) is -4.82. The first-order valence-electron chi connectivity index (χ1n) is 3.99. The van der Waals surface area contributed by atoms with Crippen molar-refractivity contribution in [3.8, 4) is 0 Å². The number of sulfonamides is 1. The Kier molecular flexibility index (Phi) is 3.51. The minimum Gasteiger partial charge on any atom is -0.214 e. The van der Waals surface area contributed by atoms with E-state index in [1.165, 1.54) is 0 Å². The highest BCUT2D eigenvalue weighted by Crippen LogP contribution is 2.38. The standard InChI is InChI=1S/C8H7ClF3NO2S/c1-13-16(14,15)6-4-2-3-5(9)7(6)8(10,11)12/h2-4,13H,1H3. The number of hydrogen-bond donors (Lipinski definition) is 1. The highest BCUT2D eigenvalue weighted by atomic mass is 35.5. The Bertz CT molecular complexity index is 498. The summed E-state index contributed by atoms with van der Waals surface area (Å²) in [7, 11) is -3.16. The van der Waals surface area contributed by atoms with E-state index in [1.54, 1.807) is 0 Å². The lowest BCUT2D eigenvalue weighted by Crippen LogP contribution is -2.23. The summed E-state index contributed by atoms with van der Waals surface area (Å²) in [5.41, 5.74) is -1.36. The smallest absolute Gasteiger partial charge is 0.214 e. The zero-order chi connectivity index (χ0) is 12.6. The van der Waals surface area contributed by atoms with Gasteiger partial charge < -0.3 is 0 Å². The Morgan fingerprint density at radius 2 is 1.88 bits per heavy atom. The molecule has 0 aliphatic carbocycles. The fraction of sp³-hybridized carbons (Fsp3) is 0.250. The van der Waals surface area contributed by atoms with Gasteiger partial charge in [-0.15, -0.1) is 0 Å². The van der Waals surface area contributed by atoms with Crippen LogP contribution in [0.4, 0.5) is 13.2 Å². The lowest BCUT2D eigenvalue weighted by atomic mass is 10.2. The molecule has 0 amide bonds. The van der Waals surface area contributed by atoms with Crippen molar-refractivity contribution in [1.82, 2.24) is 4.72 Å². The molecule has 0 aliphatic rings. The molecule has 3 nitrogen and oxygen atoms in total. The van der Waals surface area contributed by atoms with E-state index < -0.39 is 31.7 Å². The van der Waals surface area contributed by atoms with Crippen LogP contribution in [0.1, 0.15) is 5.56 Å². The van der Waals surface area contributed by atoms with Crippen LogP contribution >= 0.6 is 11.6 Å². The topological polar surface area (TPSA) is 46.2 Å². The van der Waals surface area contributed by atoms with Gasteiger partial charge in [-0.1, -0.05) is 17.7 Å². The molecule has 0 heterocycles. The summed E-state index contributed by atoms with van der Waals surface area (Å²) in [4.78, 5) is -0.880. The van der Waals surface area contributed by atoms with Gasteiger partial charge in [0.2, 0.25) is 10.0 Å². The van der Waals surface area contributed by atoms with Crippen LogP contribution in [-0.2, 0) is 16.2 Å². The first-order valence-corrected chi connectivity index (χ1v) is 5.85. The zero-order valence-electron chi connectivity index (χ0n) is 7.97. The highest BCUT2D eigenvalue weighted by molar-refractivity contribution is 7.89. The van der Waals surface area contributed by atoms with E-state index in [4.69, 9.17) is 11.6 Å². The number of halogens is 4. The minimum atomic E-state index is -4.82. The van der Waals surface area contributed by atoms with Gasteiger partial charge in [0.05, 0.1) is 15.5 Å². The molecule has 1 rings (SSSR count). The summed E-state index contributed by atoms with van der Waals surface area (Å²) >= 11 is 5.36. The number of hydrogen-bond acceptors (Lipinski definition) is 2. The van der Waals surface area contributed by atoms with Crippen molar-refractivity contribution in [3.63, 3.8) is 0 Å². The maximum absolute atomic E-state index is 12.6. The average molecular weight is 274 g/mol. The van der Waals surface area contributed by atoms with Gasteiger partial charge in [0.25, 0.3) is 0 Å². The molecule has 0 atom stereocenters. The van der Waals surface area contributed by atoms with Gasteiger partial charge in [-0.25, -0.2) is 13.1 Å². The van der Waals surface area contributed by atoms with Crippen molar-refractivity contribution < 1.29 is 21.6 Å². The molecule has 1 aromatic rings. The van der Waals surface area contributed by atoms with Crippen LogP contribution in [0.2, 0.25) is 5.02 Å². The summed E-state index contributed by atoms with van der Waals surface area (Å²) in [5.74, 6) is 0. The maximum atomic E-state index is 12.6. The largest absolute Gasteiger partial charge is 0.419 e. The Labute approximate surface area is 95.3 Å². The van der Waals surface area contributed by atoms with Gasteiger partial charge in [-0.05, 0) is 19.2 Å². The van der Waals surface area contributed by atoms with Crippen LogP contribution in [0.3, 0.4) is 0 Å². The van der Waals surface area contributed by atoms with E-state index in [0.717, 1.165) is 25.2 Å². The molecular formula is C8H7ClF3NO2S. The van der Waals surface area contributed by atoms with Crippen LogP contribution in [0.15, 0.2) is 23.1 Å². The first-order chi connectivity index (χ1) is 7.20. The molecule has 0 unspecified atom stereocenters. The second-order valence-electron chi connectivity index (χ2n) is 2.82. The molecule has 8 heteroatoms. The predicted octanol–water partition coefficient (Wildman–Crippen LogP) is 2.27. The van der Waals surface area contributed by atoms with Crippen LogP contribution in [0.25, 0.3) is 0 Å². The molecule has 0 spiro atoms. The molecular weight excluding hydrogens is 267 g/mol. The van der Waals surface area contributed by atoms with E-state index in [1.807, 2.05) is 4.72 Å². The third-order valence-electron chi connectivity index (χ3n) is 1.82. The summed E-state index contributed by atoms with van der Waals surface area (Å²) in [5, 5.41) is -0.649. The fourth-order valence-corrected chi connectivity index (χ4v) is 2.42. The lowest BCUT2D eigenvalue weighted by Gasteiger charge is -2.13. The summed E-state index contributed by atoms with van der Waals surface area (Å²) in [6.45, 7) is 0. The van der Waals surface area contributed by atoms with Crippen molar-refractivity contribution in [2.75, 3.05) is 7.05 Å². The molecule has 0 radical (unpaired) electrons. The molecule has 0 saturated heterocycles. The third kappa shape index (κ3) is 2.47. The van der Waals surface area contributed by atoms with Gasteiger partial charge in [-0.2, -0.15) is 13.2 Å². The van der Waals surface area contributed by atoms with E-state index >= 15 is 0 Å². The Morgan fingerprint density at radius 3 is 2.31 bits per heavy atom. The van der Waals surface area contributed by atoms with Gasteiger partial charge >= 0.3 is 6.18 Å². The van der Waals surface area contributed by atoms with Crippen molar-refractivity contribution in [2.45, 2.75) is 11.1 Å². The second kappa shape index (κ2) is 4.23. The molecule has 0 aromatic heterocycles. The molecule has 16 heavy (non-hydrogen) atoms. The van der Waals surface area contributed by atoms with Gasteiger partial charge in [0.1, 0.15) is 0 Å². The quantitative estimate of drug-likeness (QED) is 0.898. The second-order valence-corrected chi connectivity index (χ2v) is 5.08. The molecule has 1 N–H and O–H groups in total. The Morgan fingerprint density at radius 1 is 1.31 bits per heavy atom. The summed E-state index contributed by atoms with van der Waals surface area (Å²) in [6, 6.07) is 2.97. The molecule has 0 bridgehead atoms. The van der Waals surface area contributed by atoms with E-state index in [2.05, 4.69) is 0 Å². The van der Waals surface area contributed by atoms with Crippen LogP contribution < -0.4 is 4.72 Å². The fourth-order valence-electron chi connectivity index (χ4n) is 1.11. The normalized spacial score (nSPS) is 12.8. The number of benzene rings is 1. The molecule has 0 saturated carbocycles. The average Bonchev–Trinajstić information content (AvgIpc) is 2.15. The van der Waals surface area contributed by atoms with Crippen molar-refractivity contribution >= 4 is 21.6 Å². The summed E-state index contributed by atoms with van der Waals surface area (Å²) < 4.78 is 62.3. The van der Waals surface area contributed by atoms with Crippen LogP contribution in [0.5, 0.6) is 0 Å². The van der Waals surface area contributed by atoms with E-state index in [9.17, 15) is 21.6 Å². The van der Waals surface area contributed by atoms with Gasteiger partial charge in [0, 0.05) is 0 Å². The monoisotopic (exact) mass is 273 g/mol.